The van der Waals surface area contributed by atoms with Crippen LogP contribution < -0.4 is 0 Å². The van der Waals surface area contributed by atoms with Crippen molar-refractivity contribution in [2.75, 3.05) is 20.1 Å². The predicted molar refractivity (Wildman–Crippen MR) is 64.4 cm³/mol. The lowest BCUT2D eigenvalue weighted by Crippen LogP contribution is -2.49. The van der Waals surface area contributed by atoms with Crippen molar-refractivity contribution in [3.63, 3.8) is 0 Å². The second-order valence-electron chi connectivity index (χ2n) is 4.01. The Balaban J connectivity index is 4.81. The normalized spacial score (nSPS) is 10.2. The van der Waals surface area contributed by atoms with Crippen molar-refractivity contribution < 1.29 is 24.6 Å². The van der Waals surface area contributed by atoms with Crippen LogP contribution in [0.3, 0.4) is 0 Å². The second kappa shape index (κ2) is 7.52. The zero-order valence-corrected chi connectivity index (χ0v) is 10.9. The van der Waals surface area contributed by atoms with Gasteiger partial charge in [-0.2, -0.15) is 0 Å². The lowest BCUT2D eigenvalue weighted by molar-refractivity contribution is -0.140. The summed E-state index contributed by atoms with van der Waals surface area (Å²) in [6.45, 7) is 2.60. The molecule has 0 aromatic carbocycles. The molecule has 7 heteroatoms. The van der Waals surface area contributed by atoms with E-state index in [-0.39, 0.29) is 6.04 Å². The lowest BCUT2D eigenvalue weighted by atomic mass is 10.1. The van der Waals surface area contributed by atoms with Crippen LogP contribution in [0.4, 0.5) is 4.79 Å². The summed E-state index contributed by atoms with van der Waals surface area (Å²) in [7, 11) is 1.55. The summed E-state index contributed by atoms with van der Waals surface area (Å²) in [5, 5.41) is 17.4. The number of hydrogen-bond donors (Lipinski definition) is 2. The van der Waals surface area contributed by atoms with Gasteiger partial charge in [0.05, 0.1) is 0 Å². The Morgan fingerprint density at radius 3 is 1.67 bits per heavy atom. The van der Waals surface area contributed by atoms with Crippen molar-refractivity contribution in [1.82, 2.24) is 9.80 Å². The summed E-state index contributed by atoms with van der Waals surface area (Å²) in [4.78, 5) is 35.4. The van der Waals surface area contributed by atoms with Crippen molar-refractivity contribution in [2.24, 2.45) is 0 Å². The van der Waals surface area contributed by atoms with Crippen LogP contribution in [0.25, 0.3) is 0 Å². The Bertz CT molecular complexity index is 299. The van der Waals surface area contributed by atoms with Crippen LogP contribution in [0.5, 0.6) is 0 Å². The van der Waals surface area contributed by atoms with Crippen LogP contribution in [0.2, 0.25) is 0 Å². The second-order valence-corrected chi connectivity index (χ2v) is 4.01. The van der Waals surface area contributed by atoms with Crippen LogP contribution in [-0.4, -0.2) is 64.2 Å². The maximum atomic E-state index is 12.0. The van der Waals surface area contributed by atoms with E-state index in [1.807, 2.05) is 13.8 Å². The Morgan fingerprint density at radius 1 is 1.00 bits per heavy atom. The number of carbonyl (C=O) groups excluding carboxylic acids is 1. The molecule has 0 aliphatic carbocycles. The molecule has 0 radical (unpaired) electrons. The molecule has 0 aliphatic heterocycles. The molecule has 0 unspecified atom stereocenters. The number of nitrogens with zero attached hydrogens (tertiary/aromatic N) is 2. The van der Waals surface area contributed by atoms with Crippen LogP contribution in [0.1, 0.15) is 26.7 Å². The van der Waals surface area contributed by atoms with E-state index >= 15 is 0 Å². The number of amides is 2. The van der Waals surface area contributed by atoms with E-state index in [0.29, 0.717) is 0 Å². The molecule has 0 rings (SSSR count). The zero-order valence-electron chi connectivity index (χ0n) is 10.9. The first kappa shape index (κ1) is 16.2. The van der Waals surface area contributed by atoms with E-state index in [1.165, 1.54) is 4.90 Å². The maximum Gasteiger partial charge on any atom is 0.323 e. The largest absolute Gasteiger partial charge is 0.480 e. The lowest BCUT2D eigenvalue weighted by Gasteiger charge is -2.31. The van der Waals surface area contributed by atoms with Gasteiger partial charge in [-0.15, -0.1) is 0 Å². The minimum absolute atomic E-state index is 0.0254. The minimum atomic E-state index is -1.23. The monoisotopic (exact) mass is 260 g/mol. The summed E-state index contributed by atoms with van der Waals surface area (Å²) in [6, 6.07) is -0.601. The van der Waals surface area contributed by atoms with Gasteiger partial charge in [0.15, 0.2) is 0 Å². The van der Waals surface area contributed by atoms with Gasteiger partial charge in [-0.3, -0.25) is 9.59 Å². The molecular weight excluding hydrogens is 240 g/mol. The van der Waals surface area contributed by atoms with Crippen LogP contribution in [-0.2, 0) is 9.59 Å². The molecule has 2 amide bonds. The molecule has 0 aromatic rings. The molecule has 0 saturated carbocycles. The van der Waals surface area contributed by atoms with E-state index in [4.69, 9.17) is 10.2 Å². The third-order valence-electron chi connectivity index (χ3n) is 2.71. The van der Waals surface area contributed by atoms with Crippen LogP contribution in [0.15, 0.2) is 0 Å². The molecule has 104 valence electrons. The number of carboxylic acid groups (broad SMARTS) is 2. The first-order valence-corrected chi connectivity index (χ1v) is 5.78. The van der Waals surface area contributed by atoms with Gasteiger partial charge in [-0.25, -0.2) is 4.79 Å². The molecular formula is C11H20N2O5. The van der Waals surface area contributed by atoms with E-state index in [2.05, 4.69) is 0 Å². The van der Waals surface area contributed by atoms with E-state index < -0.39 is 31.1 Å². The summed E-state index contributed by atoms with van der Waals surface area (Å²) in [6.07, 6.45) is 1.46. The van der Waals surface area contributed by atoms with Crippen molar-refractivity contribution >= 4 is 18.0 Å². The Morgan fingerprint density at radius 2 is 1.39 bits per heavy atom. The van der Waals surface area contributed by atoms with Gasteiger partial charge in [-0.05, 0) is 12.8 Å². The van der Waals surface area contributed by atoms with Gasteiger partial charge < -0.3 is 20.0 Å². The fourth-order valence-corrected chi connectivity index (χ4v) is 1.73. The molecule has 7 nitrogen and oxygen atoms in total. The number of carboxylic acids is 2. The average Bonchev–Trinajstić information content (AvgIpc) is 2.27. The minimum Gasteiger partial charge on any atom is -0.480 e. The summed E-state index contributed by atoms with van der Waals surface area (Å²) in [5.74, 6) is -2.47. The summed E-state index contributed by atoms with van der Waals surface area (Å²) >= 11 is 0. The highest BCUT2D eigenvalue weighted by atomic mass is 16.4. The van der Waals surface area contributed by atoms with Crippen molar-refractivity contribution in [3.05, 3.63) is 0 Å². The number of hydrogen-bond acceptors (Lipinski definition) is 3. The fourth-order valence-electron chi connectivity index (χ4n) is 1.73. The topological polar surface area (TPSA) is 98.2 Å². The number of rotatable bonds is 7. The van der Waals surface area contributed by atoms with Gasteiger partial charge in [0.2, 0.25) is 0 Å². The predicted octanol–water partition coefficient (Wildman–Crippen LogP) is 0.698. The molecule has 18 heavy (non-hydrogen) atoms. The average molecular weight is 260 g/mol. The van der Waals surface area contributed by atoms with Gasteiger partial charge in [0, 0.05) is 13.1 Å². The SMILES string of the molecule is CCC(CC)N(C)C(=O)N(CC(=O)O)CC(=O)O. The van der Waals surface area contributed by atoms with E-state index in [1.54, 1.807) is 7.05 Å². The molecule has 0 heterocycles. The molecule has 0 aromatic heterocycles. The van der Waals surface area contributed by atoms with Gasteiger partial charge >= 0.3 is 18.0 Å². The molecule has 2 N–H and O–H groups in total. The van der Waals surface area contributed by atoms with Crippen molar-refractivity contribution in [1.29, 1.82) is 0 Å². The standard InChI is InChI=1S/C11H20N2O5/c1-4-8(5-2)12(3)11(18)13(6-9(14)15)7-10(16)17/h8H,4-7H2,1-3H3,(H,14,15)(H,16,17). The number of carbonyl (C=O) groups is 3. The quantitative estimate of drug-likeness (QED) is 0.702. The van der Waals surface area contributed by atoms with Crippen molar-refractivity contribution in [3.8, 4) is 0 Å². The smallest absolute Gasteiger partial charge is 0.323 e. The first-order valence-electron chi connectivity index (χ1n) is 5.78. The molecule has 0 bridgehead atoms. The fraction of sp³-hybridized carbons (Fsp3) is 0.727. The van der Waals surface area contributed by atoms with Crippen LogP contribution in [0, 0.1) is 0 Å². The molecule has 0 fully saturated rings. The van der Waals surface area contributed by atoms with Gasteiger partial charge in [0.1, 0.15) is 13.1 Å². The highest BCUT2D eigenvalue weighted by molar-refractivity contribution is 5.84. The highest BCUT2D eigenvalue weighted by Crippen LogP contribution is 2.09. The molecule has 0 saturated heterocycles. The number of aliphatic carboxylic acids is 2. The third kappa shape index (κ3) is 5.03. The highest BCUT2D eigenvalue weighted by Gasteiger charge is 2.25. The number of urea groups is 1. The first-order chi connectivity index (χ1) is 8.33. The van der Waals surface area contributed by atoms with E-state index in [9.17, 15) is 14.4 Å². The molecule has 0 atom stereocenters. The molecule has 0 spiro atoms. The summed E-state index contributed by atoms with van der Waals surface area (Å²) in [5.41, 5.74) is 0. The van der Waals surface area contributed by atoms with Crippen molar-refractivity contribution in [2.45, 2.75) is 32.7 Å². The zero-order chi connectivity index (χ0) is 14.3. The van der Waals surface area contributed by atoms with E-state index in [0.717, 1.165) is 17.7 Å². The van der Waals surface area contributed by atoms with Crippen LogP contribution >= 0.6 is 0 Å². The molecule has 0 aliphatic rings. The Labute approximate surface area is 106 Å². The Kier molecular flexibility index (Phi) is 6.77. The maximum absolute atomic E-state index is 12.0. The third-order valence-corrected chi connectivity index (χ3v) is 2.71. The van der Waals surface area contributed by atoms with Gasteiger partial charge in [-0.1, -0.05) is 13.8 Å². The summed E-state index contributed by atoms with van der Waals surface area (Å²) < 4.78 is 0. The Hall–Kier alpha value is -1.79. The van der Waals surface area contributed by atoms with Gasteiger partial charge in [0.25, 0.3) is 0 Å².